The smallest absolute Gasteiger partial charge is 0.0638 e. The SMILES string of the molecule is C#C.C#C.CC.CC(=C\C(=C/Cc1ccccc1)c1ccccc1)/C(C)=C/C(C#CCc1cccc(-c2cccc(C3=CC(c4ccccc4C)CC=C3)c2)c1)c1cccc(-c2cccc(/C3=C/C=C\CC/C=C\C=C/CSC3)c2)c1. The highest BCUT2D eigenvalue weighted by atomic mass is 32.2. The topological polar surface area (TPSA) is 0 Å². The molecule has 0 saturated carbocycles. The Bertz CT molecular complexity index is 3500. The summed E-state index contributed by atoms with van der Waals surface area (Å²) in [6.45, 7) is 10.7. The van der Waals surface area contributed by atoms with Crippen LogP contribution in [0.5, 0.6) is 0 Å². The zero-order valence-corrected chi connectivity index (χ0v) is 49.0. The van der Waals surface area contributed by atoms with Gasteiger partial charge in [0.05, 0.1) is 5.92 Å². The number of benzene rings is 7. The van der Waals surface area contributed by atoms with Gasteiger partial charge in [-0.3, -0.25) is 0 Å². The Labute approximate surface area is 492 Å². The molecule has 2 unspecified atom stereocenters. The monoisotopic (exact) mass is 1070 g/mol. The van der Waals surface area contributed by atoms with Gasteiger partial charge in [-0.05, 0) is 154 Å². The van der Waals surface area contributed by atoms with Crippen LogP contribution < -0.4 is 0 Å². The lowest BCUT2D eigenvalue weighted by Crippen LogP contribution is -2.01. The lowest BCUT2D eigenvalue weighted by Gasteiger charge is -2.19. The summed E-state index contributed by atoms with van der Waals surface area (Å²) in [7, 11) is 0. The standard InChI is InChI=1S/C74H68S.C2H6.2C2H2/c1-56-26-17-18-44-74(56)72-43-25-41-69(54-72)67-39-23-37-65(52-67)63-35-21-30-60(50-63)29-20-34-62(48-57(2)58(3)49-71(61-31-15-11-16-32-61)46-45-59-27-12-10-13-28-59)64-36-22-38-66(51-64)68-40-24-42-70(53-68)73-33-14-8-6-4-5-7-9-19-47-75-55-73;3*1-2/h5,7-19,21-28,30-33,35-42,44,46,48-54,62,72H,4,6,29,43,45,47,55H2,1-3H3;1-2H3;2*1-2H/b7-5-,14-8-,19-9-,57-48+,58-49+,71-46+,73-33+;;;. The zero-order valence-electron chi connectivity index (χ0n) is 48.1. The predicted molar refractivity (Wildman–Crippen MR) is 359 cm³/mol. The van der Waals surface area contributed by atoms with Crippen molar-refractivity contribution in [1.82, 2.24) is 0 Å². The number of aryl methyl sites for hydroxylation is 1. The van der Waals surface area contributed by atoms with Gasteiger partial charge < -0.3 is 0 Å². The highest BCUT2D eigenvalue weighted by Gasteiger charge is 2.16. The minimum absolute atomic E-state index is 0.132. The Balaban J connectivity index is 0.00000170. The van der Waals surface area contributed by atoms with Gasteiger partial charge in [-0.15, -0.1) is 25.7 Å². The zero-order chi connectivity index (χ0) is 57.4. The summed E-state index contributed by atoms with van der Waals surface area (Å²) in [6, 6.07) is 66.3. The molecule has 1 heterocycles. The maximum Gasteiger partial charge on any atom is 0.0638 e. The fraction of sp³-hybridized carbons (Fsp3) is 0.175. The van der Waals surface area contributed by atoms with E-state index in [0.29, 0.717) is 12.3 Å². The molecule has 2 aliphatic rings. The van der Waals surface area contributed by atoms with Crippen molar-refractivity contribution in [1.29, 1.82) is 0 Å². The first-order valence-corrected chi connectivity index (χ1v) is 29.5. The van der Waals surface area contributed by atoms with E-state index in [0.717, 1.165) is 37.2 Å². The molecule has 0 fully saturated rings. The van der Waals surface area contributed by atoms with Crippen LogP contribution in [0.3, 0.4) is 0 Å². The average molecular weight is 1070 g/mol. The molecule has 1 aliphatic heterocycles. The molecule has 0 radical (unpaired) electrons. The Morgan fingerprint density at radius 1 is 0.593 bits per heavy atom. The van der Waals surface area contributed by atoms with Crippen molar-refractivity contribution >= 4 is 28.5 Å². The van der Waals surface area contributed by atoms with E-state index >= 15 is 0 Å². The van der Waals surface area contributed by atoms with E-state index in [-0.39, 0.29) is 5.92 Å². The Kier molecular flexibility index (Phi) is 26.0. The first-order valence-electron chi connectivity index (χ1n) is 28.3. The lowest BCUT2D eigenvalue weighted by molar-refractivity contribution is 0.848. The fourth-order valence-corrected chi connectivity index (χ4v) is 10.7. The molecule has 81 heavy (non-hydrogen) atoms. The van der Waals surface area contributed by atoms with Crippen molar-refractivity contribution in [3.05, 3.63) is 317 Å². The molecule has 7 aromatic rings. The number of hydrogen-bond acceptors (Lipinski definition) is 1. The molecule has 0 spiro atoms. The van der Waals surface area contributed by atoms with Gasteiger partial charge in [0.1, 0.15) is 0 Å². The predicted octanol–water partition coefficient (Wildman–Crippen LogP) is 21.1. The van der Waals surface area contributed by atoms with E-state index in [1.54, 1.807) is 0 Å². The summed E-state index contributed by atoms with van der Waals surface area (Å²) in [6.07, 6.45) is 50.5. The van der Waals surface area contributed by atoms with Crippen LogP contribution in [0.15, 0.2) is 272 Å². The van der Waals surface area contributed by atoms with Crippen molar-refractivity contribution in [2.24, 2.45) is 0 Å². The summed E-state index contributed by atoms with van der Waals surface area (Å²) >= 11 is 1.95. The van der Waals surface area contributed by atoms with E-state index in [4.69, 9.17) is 0 Å². The summed E-state index contributed by atoms with van der Waals surface area (Å²) in [5, 5.41) is 0. The van der Waals surface area contributed by atoms with Crippen LogP contribution in [0.25, 0.3) is 39.0 Å². The van der Waals surface area contributed by atoms with Crippen LogP contribution in [0.1, 0.15) is 103 Å². The summed E-state index contributed by atoms with van der Waals surface area (Å²) in [5.74, 6) is 9.67. The summed E-state index contributed by atoms with van der Waals surface area (Å²) in [4.78, 5) is 0. The van der Waals surface area contributed by atoms with E-state index < -0.39 is 0 Å². The van der Waals surface area contributed by atoms with Gasteiger partial charge in [-0.1, -0.05) is 274 Å². The lowest BCUT2D eigenvalue weighted by atomic mass is 9.85. The number of rotatable bonds is 13. The molecule has 0 aromatic heterocycles. The number of terminal acetylenes is 2. The molecule has 0 nitrogen and oxygen atoms in total. The minimum atomic E-state index is -0.132. The third-order valence-electron chi connectivity index (χ3n) is 14.2. The second-order valence-electron chi connectivity index (χ2n) is 19.6. The average Bonchev–Trinajstić information content (AvgIpc) is 3.56. The van der Waals surface area contributed by atoms with E-state index in [1.165, 1.54) is 94.6 Å². The van der Waals surface area contributed by atoms with Crippen LogP contribution >= 0.6 is 11.8 Å². The second kappa shape index (κ2) is 34.3. The van der Waals surface area contributed by atoms with Gasteiger partial charge in [0.2, 0.25) is 0 Å². The molecule has 0 bridgehead atoms. The Morgan fingerprint density at radius 3 is 1.93 bits per heavy atom. The maximum atomic E-state index is 4.00. The normalized spacial score (nSPS) is 16.7. The van der Waals surface area contributed by atoms with Crippen LogP contribution in [0.4, 0.5) is 0 Å². The summed E-state index contributed by atoms with van der Waals surface area (Å²) < 4.78 is 0. The Hall–Kier alpha value is -8.77. The van der Waals surface area contributed by atoms with Gasteiger partial charge in [0.25, 0.3) is 0 Å². The molecule has 0 amide bonds. The quantitative estimate of drug-likeness (QED) is 0.0819. The van der Waals surface area contributed by atoms with Crippen molar-refractivity contribution in [3.8, 4) is 59.8 Å². The molecule has 0 N–H and O–H groups in total. The molecule has 9 rings (SSSR count). The van der Waals surface area contributed by atoms with Crippen LogP contribution in [-0.2, 0) is 12.8 Å². The maximum absolute atomic E-state index is 4.00. The fourth-order valence-electron chi connectivity index (χ4n) is 9.84. The van der Waals surface area contributed by atoms with Gasteiger partial charge in [-0.25, -0.2) is 0 Å². The van der Waals surface area contributed by atoms with Crippen LogP contribution in [0, 0.1) is 44.5 Å². The number of thioether (sulfide) groups is 1. The Morgan fingerprint density at radius 2 is 1.19 bits per heavy atom. The molecule has 1 aliphatic carbocycles. The molecular weight excluding hydrogens is 993 g/mol. The molecule has 1 heteroatoms. The van der Waals surface area contributed by atoms with Gasteiger partial charge >= 0.3 is 0 Å². The van der Waals surface area contributed by atoms with Gasteiger partial charge in [-0.2, -0.15) is 11.8 Å². The highest BCUT2D eigenvalue weighted by molar-refractivity contribution is 7.99. The van der Waals surface area contributed by atoms with Crippen LogP contribution in [-0.4, -0.2) is 11.5 Å². The van der Waals surface area contributed by atoms with Crippen molar-refractivity contribution in [2.75, 3.05) is 11.5 Å². The van der Waals surface area contributed by atoms with Crippen molar-refractivity contribution in [3.63, 3.8) is 0 Å². The second-order valence-corrected chi connectivity index (χ2v) is 20.7. The third-order valence-corrected chi connectivity index (χ3v) is 15.1. The van der Waals surface area contributed by atoms with Gasteiger partial charge in [0, 0.05) is 23.8 Å². The van der Waals surface area contributed by atoms with Gasteiger partial charge in [0.15, 0.2) is 0 Å². The first-order chi connectivity index (χ1) is 39.9. The van der Waals surface area contributed by atoms with Crippen LogP contribution in [0.2, 0.25) is 0 Å². The van der Waals surface area contributed by atoms with Crippen molar-refractivity contribution < 1.29 is 0 Å². The van der Waals surface area contributed by atoms with E-state index in [2.05, 4.69) is 319 Å². The minimum Gasteiger partial charge on any atom is -0.153 e. The molecule has 7 aromatic carbocycles. The molecular formula is C80H78S. The number of allylic oxidation sites excluding steroid dienone is 16. The highest BCUT2D eigenvalue weighted by Crippen LogP contribution is 2.35. The molecule has 404 valence electrons. The first kappa shape index (κ1) is 61.4. The molecule has 0 saturated heterocycles. The number of hydrogen-bond donors (Lipinski definition) is 0. The summed E-state index contributed by atoms with van der Waals surface area (Å²) in [5.41, 5.74) is 21.2. The largest absolute Gasteiger partial charge is 0.153 e. The molecule has 2 atom stereocenters. The third kappa shape index (κ3) is 18.9. The van der Waals surface area contributed by atoms with Crippen molar-refractivity contribution in [2.45, 2.75) is 78.6 Å². The van der Waals surface area contributed by atoms with E-state index in [9.17, 15) is 0 Å². The van der Waals surface area contributed by atoms with E-state index in [1.807, 2.05) is 25.6 Å².